The van der Waals surface area contributed by atoms with Gasteiger partial charge in [0.05, 0.1) is 7.11 Å². The third-order valence-electron chi connectivity index (χ3n) is 6.58. The topological polar surface area (TPSA) is 12.5 Å². The van der Waals surface area contributed by atoms with Crippen LogP contribution in [0.1, 0.15) is 63.1 Å². The van der Waals surface area contributed by atoms with E-state index in [1.807, 2.05) is 6.07 Å². The third kappa shape index (κ3) is 5.60. The summed E-state index contributed by atoms with van der Waals surface area (Å²) in [5.74, 6) is 1.63. The average Bonchev–Trinajstić information content (AvgIpc) is 2.69. The minimum absolute atomic E-state index is 0.171. The molecule has 1 aliphatic heterocycles. The number of methoxy groups -OCH3 is 1. The van der Waals surface area contributed by atoms with Crippen molar-refractivity contribution < 1.29 is 9.13 Å². The van der Waals surface area contributed by atoms with Crippen LogP contribution in [0.2, 0.25) is 0 Å². The highest BCUT2D eigenvalue weighted by Gasteiger charge is 2.24. The lowest BCUT2D eigenvalue weighted by molar-refractivity contribution is 0.163. The lowest BCUT2D eigenvalue weighted by Gasteiger charge is -2.33. The molecule has 2 aromatic rings. The summed E-state index contributed by atoms with van der Waals surface area (Å²) in [7, 11) is 1.61. The molecule has 0 N–H and O–H groups in total. The predicted molar refractivity (Wildman–Crippen MR) is 119 cm³/mol. The van der Waals surface area contributed by atoms with E-state index in [2.05, 4.69) is 56.9 Å². The van der Waals surface area contributed by atoms with Crippen LogP contribution in [0.15, 0.2) is 42.5 Å². The van der Waals surface area contributed by atoms with E-state index in [4.69, 9.17) is 4.74 Å². The number of piperidine rings is 1. The fourth-order valence-corrected chi connectivity index (χ4v) is 4.34. The van der Waals surface area contributed by atoms with E-state index < -0.39 is 0 Å². The molecule has 0 aliphatic carbocycles. The normalized spacial score (nSPS) is 19.2. The van der Waals surface area contributed by atoms with Gasteiger partial charge in [-0.2, -0.15) is 0 Å². The Kier molecular flexibility index (Phi) is 7.00. The molecule has 0 radical (unpaired) electrons. The van der Waals surface area contributed by atoms with Crippen molar-refractivity contribution in [2.75, 3.05) is 20.2 Å². The summed E-state index contributed by atoms with van der Waals surface area (Å²) in [5, 5.41) is 0. The van der Waals surface area contributed by atoms with Gasteiger partial charge in [0.25, 0.3) is 0 Å². The number of hydrogen-bond donors (Lipinski definition) is 0. The number of benzene rings is 2. The summed E-state index contributed by atoms with van der Waals surface area (Å²) in [4.78, 5) is 2.38. The second kappa shape index (κ2) is 9.30. The van der Waals surface area contributed by atoms with Gasteiger partial charge in [0, 0.05) is 18.7 Å². The number of halogens is 1. The van der Waals surface area contributed by atoms with Crippen molar-refractivity contribution in [3.05, 3.63) is 65.0 Å². The molecule has 0 unspecified atom stereocenters. The smallest absolute Gasteiger partial charge is 0.131 e. The van der Waals surface area contributed by atoms with Crippen molar-refractivity contribution in [1.29, 1.82) is 0 Å². The number of ether oxygens (including phenoxy) is 1. The zero-order valence-corrected chi connectivity index (χ0v) is 18.7. The fraction of sp³-hybridized carbons (Fsp3) is 0.538. The molecule has 0 aromatic heterocycles. The van der Waals surface area contributed by atoms with Gasteiger partial charge in [0.2, 0.25) is 0 Å². The molecule has 1 fully saturated rings. The number of nitrogens with zero attached hydrogens (tertiary/aromatic N) is 1. The lowest BCUT2D eigenvalue weighted by Crippen LogP contribution is -2.36. The van der Waals surface area contributed by atoms with Crippen molar-refractivity contribution in [1.82, 2.24) is 4.90 Å². The van der Waals surface area contributed by atoms with Crippen molar-refractivity contribution >= 4 is 0 Å². The van der Waals surface area contributed by atoms with Crippen molar-refractivity contribution in [3.63, 3.8) is 0 Å². The average molecular weight is 398 g/mol. The summed E-state index contributed by atoms with van der Waals surface area (Å²) >= 11 is 0. The van der Waals surface area contributed by atoms with Crippen LogP contribution in [0.4, 0.5) is 4.39 Å². The second-order valence-corrected chi connectivity index (χ2v) is 9.70. The summed E-state index contributed by atoms with van der Waals surface area (Å²) in [6, 6.07) is 14.3. The summed E-state index contributed by atoms with van der Waals surface area (Å²) in [6.45, 7) is 11.9. The van der Waals surface area contributed by atoms with Gasteiger partial charge in [0.1, 0.15) is 11.6 Å². The van der Waals surface area contributed by atoms with Crippen LogP contribution in [-0.4, -0.2) is 25.1 Å². The van der Waals surface area contributed by atoms with E-state index in [1.165, 1.54) is 30.0 Å². The first-order valence-electron chi connectivity index (χ1n) is 10.9. The molecule has 0 bridgehead atoms. The Hall–Kier alpha value is -1.87. The maximum absolute atomic E-state index is 14.3. The van der Waals surface area contributed by atoms with Gasteiger partial charge in [-0.15, -0.1) is 0 Å². The number of likely N-dealkylation sites (tertiary alicyclic amines) is 1. The van der Waals surface area contributed by atoms with Crippen LogP contribution in [-0.2, 0) is 13.0 Å². The van der Waals surface area contributed by atoms with Crippen LogP contribution in [0.25, 0.3) is 0 Å². The molecule has 3 heteroatoms. The van der Waals surface area contributed by atoms with Gasteiger partial charge >= 0.3 is 0 Å². The van der Waals surface area contributed by atoms with Gasteiger partial charge in [-0.1, -0.05) is 58.0 Å². The van der Waals surface area contributed by atoms with Crippen molar-refractivity contribution in [2.45, 2.75) is 59.4 Å². The maximum atomic E-state index is 14.3. The molecule has 1 heterocycles. The standard InChI is InChI=1S/C26H36FNO/c1-19(26(2,3)4)22-13-11-20(12-14-22)16-21-8-7-15-28(17-21)18-23-24(27)9-6-10-25(23)29-5/h6,9-14,19,21H,7-8,15-18H2,1-5H3/t19-,21+/m1/s1. The van der Waals surface area contributed by atoms with Gasteiger partial charge in [-0.25, -0.2) is 4.39 Å². The molecule has 0 saturated carbocycles. The Morgan fingerprint density at radius 2 is 1.86 bits per heavy atom. The van der Waals surface area contributed by atoms with Gasteiger partial charge in [-0.05, 0) is 66.3 Å². The Balaban J connectivity index is 1.62. The molecule has 2 nitrogen and oxygen atoms in total. The fourth-order valence-electron chi connectivity index (χ4n) is 4.34. The molecule has 1 saturated heterocycles. The largest absolute Gasteiger partial charge is 0.496 e. The van der Waals surface area contributed by atoms with Crippen LogP contribution >= 0.6 is 0 Å². The van der Waals surface area contributed by atoms with Gasteiger partial charge in [-0.3, -0.25) is 4.90 Å². The van der Waals surface area contributed by atoms with Gasteiger partial charge in [0.15, 0.2) is 0 Å². The molecule has 2 aromatic carbocycles. The van der Waals surface area contributed by atoms with Crippen LogP contribution in [0, 0.1) is 17.2 Å². The van der Waals surface area contributed by atoms with Crippen LogP contribution in [0.3, 0.4) is 0 Å². The van der Waals surface area contributed by atoms with E-state index in [-0.39, 0.29) is 11.2 Å². The first-order valence-corrected chi connectivity index (χ1v) is 10.9. The Labute approximate surface area is 176 Å². The maximum Gasteiger partial charge on any atom is 0.131 e. The zero-order valence-electron chi connectivity index (χ0n) is 18.7. The summed E-state index contributed by atoms with van der Waals surface area (Å²) in [6.07, 6.45) is 3.50. The number of rotatable bonds is 6. The zero-order chi connectivity index (χ0) is 21.0. The summed E-state index contributed by atoms with van der Waals surface area (Å²) in [5.41, 5.74) is 3.78. The van der Waals surface area contributed by atoms with Crippen molar-refractivity contribution in [3.8, 4) is 5.75 Å². The molecule has 29 heavy (non-hydrogen) atoms. The predicted octanol–water partition coefficient (Wildman–Crippen LogP) is 6.44. The van der Waals surface area contributed by atoms with Gasteiger partial charge < -0.3 is 4.74 Å². The highest BCUT2D eigenvalue weighted by atomic mass is 19.1. The minimum atomic E-state index is -0.171. The monoisotopic (exact) mass is 397 g/mol. The summed E-state index contributed by atoms with van der Waals surface area (Å²) < 4.78 is 19.7. The molecule has 3 rings (SSSR count). The van der Waals surface area contributed by atoms with E-state index in [1.54, 1.807) is 13.2 Å². The van der Waals surface area contributed by atoms with E-state index in [9.17, 15) is 4.39 Å². The second-order valence-electron chi connectivity index (χ2n) is 9.70. The highest BCUT2D eigenvalue weighted by molar-refractivity contribution is 5.34. The van der Waals surface area contributed by atoms with E-state index >= 15 is 0 Å². The molecule has 0 spiro atoms. The van der Waals surface area contributed by atoms with Crippen molar-refractivity contribution in [2.24, 2.45) is 11.3 Å². The lowest BCUT2D eigenvalue weighted by atomic mass is 9.77. The van der Waals surface area contributed by atoms with Crippen LogP contribution < -0.4 is 4.74 Å². The molecule has 1 aliphatic rings. The Morgan fingerprint density at radius 3 is 2.52 bits per heavy atom. The highest BCUT2D eigenvalue weighted by Crippen LogP contribution is 2.34. The SMILES string of the molecule is COc1cccc(F)c1CN1CCC[C@@H](Cc2ccc([C@@H](C)C(C)(C)C)cc2)C1. The first kappa shape index (κ1) is 21.8. The molecular formula is C26H36FNO. The molecule has 158 valence electrons. The molecule has 0 amide bonds. The molecule has 2 atom stereocenters. The number of hydrogen-bond acceptors (Lipinski definition) is 2. The first-order chi connectivity index (χ1) is 13.8. The Morgan fingerprint density at radius 1 is 1.14 bits per heavy atom. The third-order valence-corrected chi connectivity index (χ3v) is 6.58. The Bertz CT molecular complexity index is 793. The van der Waals surface area contributed by atoms with E-state index in [0.717, 1.165) is 19.5 Å². The molecular weight excluding hydrogens is 361 g/mol. The quantitative estimate of drug-likeness (QED) is 0.556. The van der Waals surface area contributed by atoms with Crippen LogP contribution in [0.5, 0.6) is 5.75 Å². The minimum Gasteiger partial charge on any atom is -0.496 e. The van der Waals surface area contributed by atoms with E-state index in [0.29, 0.717) is 29.7 Å².